The van der Waals surface area contributed by atoms with Crippen molar-refractivity contribution in [3.63, 3.8) is 0 Å². The molecule has 0 heterocycles. The van der Waals surface area contributed by atoms with Crippen LogP contribution in [0.25, 0.3) is 0 Å². The molecule has 0 unspecified atom stereocenters. The van der Waals surface area contributed by atoms with Crippen molar-refractivity contribution < 1.29 is 19.1 Å². The molecule has 0 saturated heterocycles. The van der Waals surface area contributed by atoms with E-state index in [9.17, 15) is 9.59 Å². The number of ether oxygens (including phenoxy) is 2. The summed E-state index contributed by atoms with van der Waals surface area (Å²) in [6, 6.07) is 0. The highest BCUT2D eigenvalue weighted by atomic mass is 35.5. The van der Waals surface area contributed by atoms with E-state index in [1.54, 1.807) is 0 Å². The molecule has 5 heteroatoms. The Balaban J connectivity index is 3.29. The first-order valence-electron chi connectivity index (χ1n) is 11.1. The third-order valence-electron chi connectivity index (χ3n) is 4.56. The summed E-state index contributed by atoms with van der Waals surface area (Å²) in [6.07, 6.45) is 16.0. The topological polar surface area (TPSA) is 52.6 Å². The van der Waals surface area contributed by atoms with Gasteiger partial charge in [-0.25, -0.2) is 0 Å². The summed E-state index contributed by atoms with van der Waals surface area (Å²) in [6.45, 7) is 3.20. The molecular formula is C22H41ClO4. The Kier molecular flexibility index (Phi) is 20.9. The Morgan fingerprint density at radius 3 is 1.44 bits per heavy atom. The van der Waals surface area contributed by atoms with E-state index < -0.39 is 0 Å². The molecule has 0 N–H and O–H groups in total. The monoisotopic (exact) mass is 404 g/mol. The van der Waals surface area contributed by atoms with Gasteiger partial charge in [0.15, 0.2) is 0 Å². The van der Waals surface area contributed by atoms with Crippen LogP contribution in [0.1, 0.15) is 110 Å². The second-order valence-electron chi connectivity index (χ2n) is 7.23. The Morgan fingerprint density at radius 2 is 1.00 bits per heavy atom. The molecule has 0 bridgehead atoms. The molecule has 0 rings (SSSR count). The van der Waals surface area contributed by atoms with E-state index in [0.717, 1.165) is 38.0 Å². The van der Waals surface area contributed by atoms with Crippen molar-refractivity contribution in [1.29, 1.82) is 0 Å². The lowest BCUT2D eigenvalue weighted by Crippen LogP contribution is -2.08. The molecule has 0 aliphatic rings. The van der Waals surface area contributed by atoms with E-state index in [-0.39, 0.29) is 11.9 Å². The van der Waals surface area contributed by atoms with E-state index >= 15 is 0 Å². The Labute approximate surface area is 171 Å². The smallest absolute Gasteiger partial charge is 0.305 e. The first-order valence-corrected chi connectivity index (χ1v) is 11.6. The number of alkyl halides is 1. The van der Waals surface area contributed by atoms with E-state index in [2.05, 4.69) is 6.92 Å². The van der Waals surface area contributed by atoms with Crippen molar-refractivity contribution in [3.05, 3.63) is 0 Å². The highest BCUT2D eigenvalue weighted by molar-refractivity contribution is 6.17. The molecule has 0 aliphatic heterocycles. The predicted molar refractivity (Wildman–Crippen MR) is 112 cm³/mol. The van der Waals surface area contributed by atoms with Gasteiger partial charge in [-0.15, -0.1) is 11.6 Å². The minimum atomic E-state index is -0.150. The van der Waals surface area contributed by atoms with Crippen LogP contribution in [0, 0.1) is 0 Å². The van der Waals surface area contributed by atoms with Crippen molar-refractivity contribution in [1.82, 2.24) is 0 Å². The number of carbonyl (C=O) groups is 2. The zero-order chi connectivity index (χ0) is 20.0. The second kappa shape index (κ2) is 21.5. The van der Waals surface area contributed by atoms with Crippen LogP contribution in [0.3, 0.4) is 0 Å². The van der Waals surface area contributed by atoms with Gasteiger partial charge in [-0.3, -0.25) is 9.59 Å². The average Bonchev–Trinajstić information content (AvgIpc) is 2.66. The van der Waals surface area contributed by atoms with Gasteiger partial charge in [0.25, 0.3) is 0 Å². The van der Waals surface area contributed by atoms with E-state index in [1.807, 2.05) is 0 Å². The minimum Gasteiger partial charge on any atom is -0.466 e. The van der Waals surface area contributed by atoms with Gasteiger partial charge in [0.1, 0.15) is 0 Å². The highest BCUT2D eigenvalue weighted by Crippen LogP contribution is 2.09. The van der Waals surface area contributed by atoms with Gasteiger partial charge in [0.2, 0.25) is 0 Å². The van der Waals surface area contributed by atoms with E-state index in [0.29, 0.717) is 38.9 Å². The zero-order valence-electron chi connectivity index (χ0n) is 17.4. The van der Waals surface area contributed by atoms with Gasteiger partial charge in [-0.2, -0.15) is 0 Å². The van der Waals surface area contributed by atoms with Crippen molar-refractivity contribution in [2.24, 2.45) is 0 Å². The summed E-state index contributed by atoms with van der Waals surface area (Å²) in [5.74, 6) is 0.473. The number of hydrogen-bond acceptors (Lipinski definition) is 4. The Morgan fingerprint density at radius 1 is 0.593 bits per heavy atom. The molecule has 27 heavy (non-hydrogen) atoms. The molecule has 4 nitrogen and oxygen atoms in total. The summed E-state index contributed by atoms with van der Waals surface area (Å²) in [7, 11) is 0. The predicted octanol–water partition coefficient (Wildman–Crippen LogP) is 6.57. The van der Waals surface area contributed by atoms with Gasteiger partial charge in [-0.1, -0.05) is 64.7 Å². The minimum absolute atomic E-state index is 0.149. The summed E-state index contributed by atoms with van der Waals surface area (Å²) in [5, 5.41) is 0. The van der Waals surface area contributed by atoms with Crippen LogP contribution in [0.2, 0.25) is 0 Å². The lowest BCUT2D eigenvalue weighted by atomic mass is 10.1. The molecule has 0 fully saturated rings. The molecule has 0 radical (unpaired) electrons. The fourth-order valence-electron chi connectivity index (χ4n) is 2.84. The molecular weight excluding hydrogens is 364 g/mol. The van der Waals surface area contributed by atoms with Gasteiger partial charge in [-0.05, 0) is 32.1 Å². The third-order valence-corrected chi connectivity index (χ3v) is 4.83. The fourth-order valence-corrected chi connectivity index (χ4v) is 3.03. The van der Waals surface area contributed by atoms with E-state index in [4.69, 9.17) is 21.1 Å². The summed E-state index contributed by atoms with van der Waals surface area (Å²) < 4.78 is 10.4. The number of halogens is 1. The maximum atomic E-state index is 11.6. The van der Waals surface area contributed by atoms with Gasteiger partial charge >= 0.3 is 11.9 Å². The standard InChI is InChI=1S/C22H41ClO4/c1-2-3-4-14-19-26-21(24)16-11-12-17-22(25)27-20-15-10-8-6-5-7-9-13-18-23/h2-20H2,1H3. The normalized spacial score (nSPS) is 10.7. The molecule has 0 saturated carbocycles. The van der Waals surface area contributed by atoms with Crippen LogP contribution in [-0.2, 0) is 19.1 Å². The molecule has 0 aliphatic carbocycles. The molecule has 160 valence electrons. The van der Waals surface area contributed by atoms with Gasteiger partial charge < -0.3 is 9.47 Å². The van der Waals surface area contributed by atoms with Crippen LogP contribution in [0.5, 0.6) is 0 Å². The van der Waals surface area contributed by atoms with Crippen LogP contribution in [0.4, 0.5) is 0 Å². The molecule has 0 aromatic carbocycles. The number of carbonyl (C=O) groups excluding carboxylic acids is 2. The van der Waals surface area contributed by atoms with Gasteiger partial charge in [0.05, 0.1) is 13.2 Å². The summed E-state index contributed by atoms with van der Waals surface area (Å²) in [5.41, 5.74) is 0. The highest BCUT2D eigenvalue weighted by Gasteiger charge is 2.06. The van der Waals surface area contributed by atoms with Crippen LogP contribution in [0.15, 0.2) is 0 Å². The Hall–Kier alpha value is -0.770. The average molecular weight is 405 g/mol. The van der Waals surface area contributed by atoms with E-state index in [1.165, 1.54) is 44.9 Å². The zero-order valence-corrected chi connectivity index (χ0v) is 18.2. The fraction of sp³-hybridized carbons (Fsp3) is 0.909. The van der Waals surface area contributed by atoms with Crippen molar-refractivity contribution in [3.8, 4) is 0 Å². The van der Waals surface area contributed by atoms with Gasteiger partial charge in [0, 0.05) is 18.7 Å². The maximum Gasteiger partial charge on any atom is 0.305 e. The number of esters is 2. The molecule has 0 aromatic rings. The van der Waals surface area contributed by atoms with Crippen molar-refractivity contribution in [2.45, 2.75) is 110 Å². The van der Waals surface area contributed by atoms with Crippen LogP contribution >= 0.6 is 11.6 Å². The lowest BCUT2D eigenvalue weighted by Gasteiger charge is -2.06. The largest absolute Gasteiger partial charge is 0.466 e. The van der Waals surface area contributed by atoms with Crippen LogP contribution < -0.4 is 0 Å². The van der Waals surface area contributed by atoms with Crippen LogP contribution in [-0.4, -0.2) is 31.0 Å². The molecule has 0 aromatic heterocycles. The molecule has 0 atom stereocenters. The Bertz CT molecular complexity index is 347. The van der Waals surface area contributed by atoms with Crippen molar-refractivity contribution in [2.75, 3.05) is 19.1 Å². The summed E-state index contributed by atoms with van der Waals surface area (Å²) in [4.78, 5) is 23.2. The molecule has 0 amide bonds. The first-order chi connectivity index (χ1) is 13.2. The number of unbranched alkanes of at least 4 members (excludes halogenated alkanes) is 11. The van der Waals surface area contributed by atoms with Crippen molar-refractivity contribution >= 4 is 23.5 Å². The summed E-state index contributed by atoms with van der Waals surface area (Å²) >= 11 is 5.65. The quantitative estimate of drug-likeness (QED) is 0.131. The SMILES string of the molecule is CCCCCCOC(=O)CCCCC(=O)OCCCCCCCCCCCl. The molecule has 0 spiro atoms. The second-order valence-corrected chi connectivity index (χ2v) is 7.60. The maximum absolute atomic E-state index is 11.6. The lowest BCUT2D eigenvalue weighted by molar-refractivity contribution is -0.146. The first kappa shape index (κ1) is 26.2. The number of hydrogen-bond donors (Lipinski definition) is 0. The third kappa shape index (κ3) is 21.4. The number of rotatable bonds is 20.